The number of aliphatic hydroxyl groups is 1. The number of hydrogen-bond acceptors (Lipinski definition) is 2. The van der Waals surface area contributed by atoms with E-state index in [9.17, 15) is 4.79 Å². The first-order chi connectivity index (χ1) is 7.15. The van der Waals surface area contributed by atoms with Crippen molar-refractivity contribution in [2.24, 2.45) is 0 Å². The monoisotopic (exact) mass is 224 g/mol. The van der Waals surface area contributed by atoms with Gasteiger partial charge in [0.15, 0.2) is 5.78 Å². The molecule has 0 atom stereocenters. The molecule has 1 aromatic rings. The number of hydrogen-bond donors (Lipinski definition) is 1. The molecule has 1 aromatic carbocycles. The van der Waals surface area contributed by atoms with Crippen LogP contribution in [-0.2, 0) is 0 Å². The molecule has 3 heteroatoms. The molecule has 15 heavy (non-hydrogen) atoms. The number of carbonyl (C=O) groups is 1. The summed E-state index contributed by atoms with van der Waals surface area (Å²) in [7, 11) is 0. The summed E-state index contributed by atoms with van der Waals surface area (Å²) < 4.78 is 0. The van der Waals surface area contributed by atoms with Crippen LogP contribution < -0.4 is 0 Å². The Bertz CT molecular complexity index is 383. The molecule has 0 fully saturated rings. The Morgan fingerprint density at radius 2 is 2.27 bits per heavy atom. The number of halogens is 1. The topological polar surface area (TPSA) is 37.3 Å². The lowest BCUT2D eigenvalue weighted by Crippen LogP contribution is -1.91. The summed E-state index contributed by atoms with van der Waals surface area (Å²) in [5.41, 5.74) is 1.47. The molecular weight excluding hydrogens is 212 g/mol. The second kappa shape index (κ2) is 5.69. The predicted molar refractivity (Wildman–Crippen MR) is 62.2 cm³/mol. The van der Waals surface area contributed by atoms with Crippen LogP contribution in [0, 0.1) is 0 Å². The molecule has 0 unspecified atom stereocenters. The van der Waals surface area contributed by atoms with Gasteiger partial charge < -0.3 is 5.11 Å². The van der Waals surface area contributed by atoms with Gasteiger partial charge in [-0.25, -0.2) is 0 Å². The van der Waals surface area contributed by atoms with E-state index in [-0.39, 0.29) is 12.4 Å². The number of carbonyl (C=O) groups excluding carboxylic acids is 1. The summed E-state index contributed by atoms with van der Waals surface area (Å²) in [6.07, 6.45) is 4.28. The van der Waals surface area contributed by atoms with Gasteiger partial charge in [0.05, 0.1) is 0 Å². The molecule has 0 aliphatic carbocycles. The molecule has 0 amide bonds. The van der Waals surface area contributed by atoms with Crippen molar-refractivity contribution in [2.75, 3.05) is 6.61 Å². The zero-order chi connectivity index (χ0) is 11.3. The molecule has 1 N–H and O–H groups in total. The fraction of sp³-hybridized carbons (Fsp3) is 0.250. The summed E-state index contributed by atoms with van der Waals surface area (Å²) in [5, 5.41) is 9.15. The molecule has 0 aliphatic heterocycles. The number of ketones is 1. The van der Waals surface area contributed by atoms with Crippen LogP contribution in [0.15, 0.2) is 24.3 Å². The molecule has 2 nitrogen and oxygen atoms in total. The minimum atomic E-state index is 0.00258. The van der Waals surface area contributed by atoms with Crippen molar-refractivity contribution in [1.29, 1.82) is 0 Å². The highest BCUT2D eigenvalue weighted by atomic mass is 35.5. The van der Waals surface area contributed by atoms with Gasteiger partial charge in [0.25, 0.3) is 0 Å². The van der Waals surface area contributed by atoms with E-state index in [1.165, 1.54) is 6.92 Å². The van der Waals surface area contributed by atoms with Gasteiger partial charge in [0, 0.05) is 17.2 Å². The normalized spacial score (nSPS) is 10.9. The maximum atomic E-state index is 11.1. The Morgan fingerprint density at radius 3 is 2.80 bits per heavy atom. The molecule has 0 bridgehead atoms. The average molecular weight is 225 g/mol. The number of benzene rings is 1. The van der Waals surface area contributed by atoms with Crippen LogP contribution in [0.3, 0.4) is 0 Å². The molecule has 1 rings (SSSR count). The third-order valence-electron chi connectivity index (χ3n) is 2.00. The Balaban J connectivity index is 2.88. The summed E-state index contributed by atoms with van der Waals surface area (Å²) >= 11 is 5.99. The first-order valence-electron chi connectivity index (χ1n) is 4.73. The van der Waals surface area contributed by atoms with Crippen LogP contribution in [0.5, 0.6) is 0 Å². The van der Waals surface area contributed by atoms with E-state index in [2.05, 4.69) is 0 Å². The first kappa shape index (κ1) is 12.0. The molecule has 0 saturated heterocycles. The quantitative estimate of drug-likeness (QED) is 0.799. The zero-order valence-electron chi connectivity index (χ0n) is 8.53. The van der Waals surface area contributed by atoms with Crippen molar-refractivity contribution in [3.8, 4) is 0 Å². The van der Waals surface area contributed by atoms with Crippen molar-refractivity contribution >= 4 is 23.5 Å². The van der Waals surface area contributed by atoms with E-state index in [4.69, 9.17) is 16.7 Å². The number of rotatable bonds is 4. The highest BCUT2D eigenvalue weighted by Gasteiger charge is 2.02. The minimum Gasteiger partial charge on any atom is -0.396 e. The lowest BCUT2D eigenvalue weighted by atomic mass is 10.1. The molecule has 0 aliphatic rings. The molecule has 80 valence electrons. The Morgan fingerprint density at radius 1 is 1.53 bits per heavy atom. The van der Waals surface area contributed by atoms with Gasteiger partial charge in [-0.1, -0.05) is 35.9 Å². The highest BCUT2D eigenvalue weighted by molar-refractivity contribution is 6.32. The van der Waals surface area contributed by atoms with E-state index in [1.54, 1.807) is 18.2 Å². The average Bonchev–Trinajstić information content (AvgIpc) is 2.20. The Labute approximate surface area is 94.2 Å². The van der Waals surface area contributed by atoms with Crippen LogP contribution in [0.4, 0.5) is 0 Å². The first-order valence-corrected chi connectivity index (χ1v) is 5.11. The smallest absolute Gasteiger partial charge is 0.159 e. The van der Waals surface area contributed by atoms with Gasteiger partial charge in [-0.05, 0) is 25.0 Å². The van der Waals surface area contributed by atoms with Gasteiger partial charge in [-0.15, -0.1) is 0 Å². The second-order valence-corrected chi connectivity index (χ2v) is 3.61. The lowest BCUT2D eigenvalue weighted by molar-refractivity contribution is 0.101. The number of Topliss-reactive ketones (excluding diaryl/α,β-unsaturated/α-hetero) is 1. The predicted octanol–water partition coefficient (Wildman–Crippen LogP) is 2.94. The largest absolute Gasteiger partial charge is 0.396 e. The molecule has 0 radical (unpaired) electrons. The summed E-state index contributed by atoms with van der Waals surface area (Å²) in [6, 6.07) is 5.20. The Kier molecular flexibility index (Phi) is 4.53. The van der Waals surface area contributed by atoms with Crippen LogP contribution in [0.1, 0.15) is 29.3 Å². The molecule has 0 spiro atoms. The fourth-order valence-corrected chi connectivity index (χ4v) is 1.41. The summed E-state index contributed by atoms with van der Waals surface area (Å²) in [5.74, 6) is 0.00258. The van der Waals surface area contributed by atoms with Crippen molar-refractivity contribution in [3.63, 3.8) is 0 Å². The van der Waals surface area contributed by atoms with Crippen LogP contribution in [0.25, 0.3) is 6.08 Å². The zero-order valence-corrected chi connectivity index (χ0v) is 9.29. The summed E-state index contributed by atoms with van der Waals surface area (Å²) in [6.45, 7) is 1.63. The maximum Gasteiger partial charge on any atom is 0.159 e. The van der Waals surface area contributed by atoms with Gasteiger partial charge in [0.1, 0.15) is 0 Å². The second-order valence-electron chi connectivity index (χ2n) is 3.21. The van der Waals surface area contributed by atoms with Gasteiger partial charge >= 0.3 is 0 Å². The fourth-order valence-electron chi connectivity index (χ4n) is 1.17. The van der Waals surface area contributed by atoms with Gasteiger partial charge in [0.2, 0.25) is 0 Å². The lowest BCUT2D eigenvalue weighted by Gasteiger charge is -2.00. The third-order valence-corrected chi connectivity index (χ3v) is 2.33. The maximum absolute atomic E-state index is 11.1. The van der Waals surface area contributed by atoms with Crippen LogP contribution in [0.2, 0.25) is 5.02 Å². The SMILES string of the molecule is CC(=O)c1ccc(C=CCCO)c(Cl)c1. The highest BCUT2D eigenvalue weighted by Crippen LogP contribution is 2.19. The van der Waals surface area contributed by atoms with Crippen LogP contribution in [-0.4, -0.2) is 17.5 Å². The van der Waals surface area contributed by atoms with E-state index < -0.39 is 0 Å². The van der Waals surface area contributed by atoms with E-state index in [0.717, 1.165) is 5.56 Å². The van der Waals surface area contributed by atoms with Crippen molar-refractivity contribution in [1.82, 2.24) is 0 Å². The molecule has 0 aromatic heterocycles. The number of aliphatic hydroxyl groups excluding tert-OH is 1. The third kappa shape index (κ3) is 3.50. The molecule has 0 heterocycles. The van der Waals surface area contributed by atoms with Crippen molar-refractivity contribution < 1.29 is 9.90 Å². The van der Waals surface area contributed by atoms with E-state index in [1.807, 2.05) is 12.2 Å². The van der Waals surface area contributed by atoms with Gasteiger partial charge in [-0.3, -0.25) is 4.79 Å². The standard InChI is InChI=1S/C12H13ClO2/c1-9(15)11-6-5-10(12(13)8-11)4-2-3-7-14/h2,4-6,8,14H,3,7H2,1H3. The van der Waals surface area contributed by atoms with Crippen LogP contribution >= 0.6 is 11.6 Å². The van der Waals surface area contributed by atoms with Crippen molar-refractivity contribution in [3.05, 3.63) is 40.4 Å². The van der Waals surface area contributed by atoms with E-state index in [0.29, 0.717) is 17.0 Å². The van der Waals surface area contributed by atoms with Crippen molar-refractivity contribution in [2.45, 2.75) is 13.3 Å². The molecule has 0 saturated carbocycles. The van der Waals surface area contributed by atoms with E-state index >= 15 is 0 Å². The minimum absolute atomic E-state index is 0.00258. The van der Waals surface area contributed by atoms with Gasteiger partial charge in [-0.2, -0.15) is 0 Å². The summed E-state index contributed by atoms with van der Waals surface area (Å²) in [4.78, 5) is 11.1. The molecular formula is C12H13ClO2. The Hall–Kier alpha value is -1.12.